The first kappa shape index (κ1) is 15.8. The number of rotatable bonds is 6. The van der Waals surface area contributed by atoms with Crippen LogP contribution in [-0.4, -0.2) is 31.0 Å². The number of non-ortho nitro benzene ring substituents is 1. The van der Waals surface area contributed by atoms with Crippen molar-refractivity contribution < 1.29 is 14.4 Å². The third kappa shape index (κ3) is 3.45. The highest BCUT2D eigenvalue weighted by molar-refractivity contribution is 6.00. The summed E-state index contributed by atoms with van der Waals surface area (Å²) >= 11 is 0. The van der Waals surface area contributed by atoms with Crippen LogP contribution in [0.5, 0.6) is 11.5 Å². The molecule has 7 heteroatoms. The molecule has 0 saturated heterocycles. The van der Waals surface area contributed by atoms with Crippen LogP contribution in [0.2, 0.25) is 0 Å². The first-order valence-corrected chi connectivity index (χ1v) is 7.50. The Morgan fingerprint density at radius 1 is 1.25 bits per heavy atom. The number of nitrogens with zero attached hydrogens (tertiary/aromatic N) is 2. The van der Waals surface area contributed by atoms with E-state index in [-0.39, 0.29) is 12.3 Å². The molecule has 2 aromatic rings. The molecule has 0 unspecified atom stereocenters. The van der Waals surface area contributed by atoms with Gasteiger partial charge in [-0.3, -0.25) is 15.1 Å². The molecule has 0 atom stereocenters. The highest BCUT2D eigenvalue weighted by Crippen LogP contribution is 2.29. The topological polar surface area (TPSA) is 86.0 Å². The molecule has 0 aliphatic carbocycles. The van der Waals surface area contributed by atoms with Crippen LogP contribution in [0.1, 0.15) is 11.1 Å². The summed E-state index contributed by atoms with van der Waals surface area (Å²) in [5.41, 5.74) is 1.70. The Labute approximate surface area is 139 Å². The molecule has 2 aromatic carbocycles. The average Bonchev–Trinajstić information content (AvgIpc) is 3.14. The van der Waals surface area contributed by atoms with Gasteiger partial charge in [0.2, 0.25) is 0 Å². The summed E-state index contributed by atoms with van der Waals surface area (Å²) in [6, 6.07) is 12.0. The normalized spacial score (nSPS) is 13.1. The summed E-state index contributed by atoms with van der Waals surface area (Å²) in [6.45, 7) is 1.82. The van der Waals surface area contributed by atoms with E-state index >= 15 is 0 Å². The molecule has 0 aromatic heterocycles. The van der Waals surface area contributed by atoms with Crippen LogP contribution < -0.4 is 14.8 Å². The molecular weight excluding hydrogens is 310 g/mol. The van der Waals surface area contributed by atoms with E-state index in [1.54, 1.807) is 19.2 Å². The highest BCUT2D eigenvalue weighted by Gasteiger charge is 2.13. The molecule has 24 heavy (non-hydrogen) atoms. The van der Waals surface area contributed by atoms with E-state index in [0.29, 0.717) is 11.5 Å². The van der Waals surface area contributed by atoms with Gasteiger partial charge in [0.15, 0.2) is 11.5 Å². The second kappa shape index (κ2) is 6.99. The van der Waals surface area contributed by atoms with Crippen molar-refractivity contribution in [1.29, 1.82) is 0 Å². The lowest BCUT2D eigenvalue weighted by Crippen LogP contribution is -2.19. The lowest BCUT2D eigenvalue weighted by Gasteiger charge is -2.12. The SMILES string of the molecule is COc1cc(C2=NCCN2)ccc1OCc1cccc([N+](=O)[O-])c1. The third-order valence-electron chi connectivity index (χ3n) is 3.63. The number of amidine groups is 1. The lowest BCUT2D eigenvalue weighted by molar-refractivity contribution is -0.384. The molecule has 0 saturated carbocycles. The van der Waals surface area contributed by atoms with Crippen molar-refractivity contribution in [3.8, 4) is 11.5 Å². The molecule has 0 radical (unpaired) electrons. The molecule has 0 spiro atoms. The van der Waals surface area contributed by atoms with Crippen LogP contribution in [0.4, 0.5) is 5.69 Å². The van der Waals surface area contributed by atoms with Crippen LogP contribution in [0, 0.1) is 10.1 Å². The number of hydrogen-bond donors (Lipinski definition) is 1. The van der Waals surface area contributed by atoms with Gasteiger partial charge >= 0.3 is 0 Å². The van der Waals surface area contributed by atoms with Gasteiger partial charge in [-0.2, -0.15) is 0 Å². The predicted molar refractivity (Wildman–Crippen MR) is 89.8 cm³/mol. The van der Waals surface area contributed by atoms with Crippen molar-refractivity contribution >= 4 is 11.5 Å². The maximum atomic E-state index is 10.8. The van der Waals surface area contributed by atoms with Gasteiger partial charge in [-0.15, -0.1) is 0 Å². The zero-order chi connectivity index (χ0) is 16.9. The van der Waals surface area contributed by atoms with Crippen molar-refractivity contribution in [2.75, 3.05) is 20.2 Å². The van der Waals surface area contributed by atoms with Gasteiger partial charge in [-0.1, -0.05) is 12.1 Å². The monoisotopic (exact) mass is 327 g/mol. The Morgan fingerprint density at radius 2 is 2.12 bits per heavy atom. The highest BCUT2D eigenvalue weighted by atomic mass is 16.6. The van der Waals surface area contributed by atoms with Gasteiger partial charge in [-0.05, 0) is 23.8 Å². The van der Waals surface area contributed by atoms with Gasteiger partial charge in [0.1, 0.15) is 12.4 Å². The first-order chi connectivity index (χ1) is 11.7. The average molecular weight is 327 g/mol. The number of ether oxygens (including phenoxy) is 2. The van der Waals surface area contributed by atoms with Crippen LogP contribution in [0.25, 0.3) is 0 Å². The number of benzene rings is 2. The standard InChI is InChI=1S/C17H17N3O4/c1-23-16-10-13(17-18-7-8-19-17)5-6-15(16)24-11-12-3-2-4-14(9-12)20(21)22/h2-6,9-10H,7-8,11H2,1H3,(H,18,19). The Bertz CT molecular complexity index is 789. The molecule has 0 bridgehead atoms. The summed E-state index contributed by atoms with van der Waals surface area (Å²) in [6.07, 6.45) is 0. The van der Waals surface area contributed by atoms with E-state index in [9.17, 15) is 10.1 Å². The lowest BCUT2D eigenvalue weighted by atomic mass is 10.2. The predicted octanol–water partition coefficient (Wildman–Crippen LogP) is 2.53. The molecule has 1 aliphatic rings. The third-order valence-corrected chi connectivity index (χ3v) is 3.63. The van der Waals surface area contributed by atoms with Crippen molar-refractivity contribution in [3.05, 3.63) is 63.7 Å². The molecule has 0 amide bonds. The van der Waals surface area contributed by atoms with Gasteiger partial charge < -0.3 is 14.8 Å². The molecule has 3 rings (SSSR count). The van der Waals surface area contributed by atoms with Gasteiger partial charge in [-0.25, -0.2) is 0 Å². The fourth-order valence-electron chi connectivity index (χ4n) is 2.45. The minimum absolute atomic E-state index is 0.0451. The van der Waals surface area contributed by atoms with Crippen LogP contribution >= 0.6 is 0 Å². The minimum atomic E-state index is -0.422. The molecular formula is C17H17N3O4. The Morgan fingerprint density at radius 3 is 2.83 bits per heavy atom. The van der Waals surface area contributed by atoms with Crippen molar-refractivity contribution in [2.45, 2.75) is 6.61 Å². The summed E-state index contributed by atoms with van der Waals surface area (Å²) in [5, 5.41) is 14.0. The summed E-state index contributed by atoms with van der Waals surface area (Å²) in [5.74, 6) is 2.01. The van der Waals surface area contributed by atoms with E-state index in [0.717, 1.165) is 30.1 Å². The minimum Gasteiger partial charge on any atom is -0.493 e. The fourth-order valence-corrected chi connectivity index (χ4v) is 2.45. The molecule has 0 fully saturated rings. The second-order valence-electron chi connectivity index (χ2n) is 5.24. The van der Waals surface area contributed by atoms with Crippen molar-refractivity contribution in [1.82, 2.24) is 5.32 Å². The van der Waals surface area contributed by atoms with Gasteiger partial charge in [0.25, 0.3) is 5.69 Å². The van der Waals surface area contributed by atoms with Gasteiger partial charge in [0, 0.05) is 24.2 Å². The summed E-state index contributed by atoms with van der Waals surface area (Å²) < 4.78 is 11.1. The number of aliphatic imine (C=N–C) groups is 1. The molecule has 1 N–H and O–H groups in total. The maximum absolute atomic E-state index is 10.8. The Hall–Kier alpha value is -3.09. The Kier molecular flexibility index (Phi) is 4.60. The van der Waals surface area contributed by atoms with Crippen molar-refractivity contribution in [2.24, 2.45) is 4.99 Å². The fraction of sp³-hybridized carbons (Fsp3) is 0.235. The number of methoxy groups -OCH3 is 1. The smallest absolute Gasteiger partial charge is 0.269 e. The number of nitrogens with one attached hydrogen (secondary N) is 1. The van der Waals surface area contributed by atoms with E-state index in [1.165, 1.54) is 12.1 Å². The Balaban J connectivity index is 1.75. The van der Waals surface area contributed by atoms with Crippen molar-refractivity contribution in [3.63, 3.8) is 0 Å². The number of hydrogen-bond acceptors (Lipinski definition) is 6. The number of nitro groups is 1. The zero-order valence-corrected chi connectivity index (χ0v) is 13.2. The molecule has 124 valence electrons. The van der Waals surface area contributed by atoms with Crippen LogP contribution in [0.15, 0.2) is 47.5 Å². The summed E-state index contributed by atoms with van der Waals surface area (Å²) in [4.78, 5) is 14.8. The molecule has 1 heterocycles. The quantitative estimate of drug-likeness (QED) is 0.651. The van der Waals surface area contributed by atoms with Crippen LogP contribution in [-0.2, 0) is 6.61 Å². The molecule has 1 aliphatic heterocycles. The van der Waals surface area contributed by atoms with E-state index in [2.05, 4.69) is 10.3 Å². The van der Waals surface area contributed by atoms with Gasteiger partial charge in [0.05, 0.1) is 18.6 Å². The second-order valence-corrected chi connectivity index (χ2v) is 5.24. The van der Waals surface area contributed by atoms with E-state index < -0.39 is 4.92 Å². The zero-order valence-electron chi connectivity index (χ0n) is 13.2. The number of nitro benzene ring substituents is 1. The summed E-state index contributed by atoms with van der Waals surface area (Å²) in [7, 11) is 1.57. The largest absolute Gasteiger partial charge is 0.493 e. The maximum Gasteiger partial charge on any atom is 0.269 e. The van der Waals surface area contributed by atoms with E-state index in [1.807, 2.05) is 18.2 Å². The van der Waals surface area contributed by atoms with Crippen LogP contribution in [0.3, 0.4) is 0 Å². The van der Waals surface area contributed by atoms with E-state index in [4.69, 9.17) is 9.47 Å². The first-order valence-electron chi connectivity index (χ1n) is 7.50. The molecule has 7 nitrogen and oxygen atoms in total.